The molecular weight excluding hydrogens is 250 g/mol. The molecule has 19 heavy (non-hydrogen) atoms. The predicted octanol–water partition coefficient (Wildman–Crippen LogP) is -0.283. The molecule has 7 nitrogen and oxygen atoms in total. The number of nitrogens with two attached hydrogens (primary N) is 2. The van der Waals surface area contributed by atoms with Gasteiger partial charge in [0, 0.05) is 17.7 Å². The van der Waals surface area contributed by atoms with Crippen LogP contribution in [0.1, 0.15) is 23.2 Å². The zero-order valence-electron chi connectivity index (χ0n) is 10.1. The van der Waals surface area contributed by atoms with Gasteiger partial charge in [-0.1, -0.05) is 6.07 Å². The minimum atomic E-state index is -1.22. The number of amides is 2. The molecule has 0 radical (unpaired) electrons. The fourth-order valence-electron chi connectivity index (χ4n) is 1.47. The number of carbonyl (C=O) groups is 3. The maximum absolute atomic E-state index is 11.8. The summed E-state index contributed by atoms with van der Waals surface area (Å²) in [5.74, 6) is -2.41. The Morgan fingerprint density at radius 3 is 2.53 bits per heavy atom. The number of carboxylic acid groups (broad SMARTS) is 1. The van der Waals surface area contributed by atoms with Crippen LogP contribution in [-0.2, 0) is 9.59 Å². The number of nitrogens with one attached hydrogen (secondary N) is 1. The third-order valence-corrected chi connectivity index (χ3v) is 2.43. The van der Waals surface area contributed by atoms with E-state index < -0.39 is 23.8 Å². The van der Waals surface area contributed by atoms with Gasteiger partial charge in [0.25, 0.3) is 5.91 Å². The molecule has 102 valence electrons. The monoisotopic (exact) mass is 265 g/mol. The molecule has 1 aromatic rings. The van der Waals surface area contributed by atoms with Crippen LogP contribution in [0.25, 0.3) is 0 Å². The van der Waals surface area contributed by atoms with Crippen molar-refractivity contribution in [3.8, 4) is 0 Å². The number of carboxylic acids is 1. The first-order chi connectivity index (χ1) is 8.90. The average molecular weight is 265 g/mol. The maximum Gasteiger partial charge on any atom is 0.326 e. The van der Waals surface area contributed by atoms with Crippen molar-refractivity contribution in [2.45, 2.75) is 18.9 Å². The molecular formula is C12H15N3O4. The standard InChI is InChI=1S/C12H15N3O4/c13-8-3-1-2-7(6-8)11(17)15-9(12(18)19)4-5-10(14)16/h1-3,6,9H,4-5,13H2,(H2,14,16)(H,15,17)(H,18,19)/t9-/m0/s1. The molecule has 0 aliphatic carbocycles. The van der Waals surface area contributed by atoms with E-state index in [0.29, 0.717) is 5.69 Å². The summed E-state index contributed by atoms with van der Waals surface area (Å²) in [6, 6.07) is 4.98. The molecule has 0 unspecified atom stereocenters. The van der Waals surface area contributed by atoms with Gasteiger partial charge in [-0.3, -0.25) is 9.59 Å². The molecule has 2 amide bonds. The SMILES string of the molecule is NC(=O)CC[C@H](NC(=O)c1cccc(N)c1)C(=O)O. The number of aliphatic carboxylic acids is 1. The minimum absolute atomic E-state index is 0.0568. The Morgan fingerprint density at radius 2 is 2.00 bits per heavy atom. The Morgan fingerprint density at radius 1 is 1.32 bits per heavy atom. The highest BCUT2D eigenvalue weighted by Crippen LogP contribution is 2.07. The number of primary amides is 1. The van der Waals surface area contributed by atoms with E-state index in [2.05, 4.69) is 5.32 Å². The van der Waals surface area contributed by atoms with Crippen LogP contribution in [-0.4, -0.2) is 28.9 Å². The van der Waals surface area contributed by atoms with Gasteiger partial charge in [0.15, 0.2) is 0 Å². The van der Waals surface area contributed by atoms with Crippen LogP contribution in [0.15, 0.2) is 24.3 Å². The van der Waals surface area contributed by atoms with Crippen LogP contribution in [0.5, 0.6) is 0 Å². The molecule has 0 saturated heterocycles. The van der Waals surface area contributed by atoms with Crippen LogP contribution in [0.3, 0.4) is 0 Å². The van der Waals surface area contributed by atoms with Crippen molar-refractivity contribution in [2.75, 3.05) is 5.73 Å². The zero-order valence-corrected chi connectivity index (χ0v) is 10.1. The van der Waals surface area contributed by atoms with Gasteiger partial charge in [0.2, 0.25) is 5.91 Å². The predicted molar refractivity (Wildman–Crippen MR) is 68.2 cm³/mol. The lowest BCUT2D eigenvalue weighted by Gasteiger charge is -2.13. The van der Waals surface area contributed by atoms with Crippen LogP contribution in [0.2, 0.25) is 0 Å². The summed E-state index contributed by atoms with van der Waals surface area (Å²) >= 11 is 0. The molecule has 1 aromatic carbocycles. The smallest absolute Gasteiger partial charge is 0.326 e. The maximum atomic E-state index is 11.8. The summed E-state index contributed by atoms with van der Waals surface area (Å²) in [6.07, 6.45) is -0.174. The lowest BCUT2D eigenvalue weighted by atomic mass is 10.1. The molecule has 0 heterocycles. The first-order valence-corrected chi connectivity index (χ1v) is 5.57. The topological polar surface area (TPSA) is 136 Å². The van der Waals surface area contributed by atoms with Gasteiger partial charge in [0.05, 0.1) is 0 Å². The molecule has 1 atom stereocenters. The highest BCUT2D eigenvalue weighted by atomic mass is 16.4. The largest absolute Gasteiger partial charge is 0.480 e. The van der Waals surface area contributed by atoms with Crippen molar-refractivity contribution in [2.24, 2.45) is 5.73 Å². The van der Waals surface area contributed by atoms with E-state index in [4.69, 9.17) is 16.6 Å². The minimum Gasteiger partial charge on any atom is -0.480 e. The molecule has 0 fully saturated rings. The highest BCUT2D eigenvalue weighted by molar-refractivity contribution is 5.97. The number of benzene rings is 1. The normalized spacial score (nSPS) is 11.6. The summed E-state index contributed by atoms with van der Waals surface area (Å²) in [4.78, 5) is 33.4. The summed E-state index contributed by atoms with van der Waals surface area (Å²) in [6.45, 7) is 0. The quantitative estimate of drug-likeness (QED) is 0.524. The molecule has 6 N–H and O–H groups in total. The number of carbonyl (C=O) groups excluding carboxylic acids is 2. The van der Waals surface area contributed by atoms with E-state index in [9.17, 15) is 14.4 Å². The van der Waals surface area contributed by atoms with Crippen LogP contribution >= 0.6 is 0 Å². The second kappa shape index (κ2) is 6.39. The fourth-order valence-corrected chi connectivity index (χ4v) is 1.47. The van der Waals surface area contributed by atoms with Gasteiger partial charge >= 0.3 is 5.97 Å². The van der Waals surface area contributed by atoms with Crippen LogP contribution in [0, 0.1) is 0 Å². The van der Waals surface area contributed by atoms with Crippen molar-refractivity contribution in [1.82, 2.24) is 5.32 Å². The average Bonchev–Trinajstić information content (AvgIpc) is 2.33. The molecule has 0 saturated carbocycles. The van der Waals surface area contributed by atoms with Crippen molar-refractivity contribution in [1.29, 1.82) is 0 Å². The first-order valence-electron chi connectivity index (χ1n) is 5.57. The zero-order chi connectivity index (χ0) is 14.4. The number of anilines is 1. The second-order valence-electron chi connectivity index (χ2n) is 3.99. The third-order valence-electron chi connectivity index (χ3n) is 2.43. The lowest BCUT2D eigenvalue weighted by Crippen LogP contribution is -2.41. The van der Waals surface area contributed by atoms with Gasteiger partial charge in [0.1, 0.15) is 6.04 Å². The van der Waals surface area contributed by atoms with Gasteiger partial charge in [-0.25, -0.2) is 4.79 Å². The van der Waals surface area contributed by atoms with Gasteiger partial charge in [-0.2, -0.15) is 0 Å². The molecule has 1 rings (SSSR count). The van der Waals surface area contributed by atoms with Gasteiger partial charge in [-0.05, 0) is 24.6 Å². The molecule has 0 aliphatic rings. The number of hydrogen-bond acceptors (Lipinski definition) is 4. The second-order valence-corrected chi connectivity index (χ2v) is 3.99. The van der Waals surface area contributed by atoms with E-state index in [1.165, 1.54) is 12.1 Å². The molecule has 7 heteroatoms. The van der Waals surface area contributed by atoms with E-state index >= 15 is 0 Å². The van der Waals surface area contributed by atoms with Crippen LogP contribution < -0.4 is 16.8 Å². The van der Waals surface area contributed by atoms with Crippen molar-refractivity contribution >= 4 is 23.5 Å². The Hall–Kier alpha value is -2.57. The number of rotatable bonds is 6. The third kappa shape index (κ3) is 4.66. The summed E-state index contributed by atoms with van der Waals surface area (Å²) in [5, 5.41) is 11.3. The first kappa shape index (κ1) is 14.5. The number of nitrogen functional groups attached to an aromatic ring is 1. The fraction of sp³-hybridized carbons (Fsp3) is 0.250. The van der Waals surface area contributed by atoms with Gasteiger partial charge in [-0.15, -0.1) is 0 Å². The molecule has 0 bridgehead atoms. The van der Waals surface area contributed by atoms with Crippen molar-refractivity contribution in [3.05, 3.63) is 29.8 Å². The van der Waals surface area contributed by atoms with Crippen molar-refractivity contribution in [3.63, 3.8) is 0 Å². The lowest BCUT2D eigenvalue weighted by molar-refractivity contribution is -0.139. The van der Waals surface area contributed by atoms with Crippen molar-refractivity contribution < 1.29 is 19.5 Å². The molecule has 0 aromatic heterocycles. The summed E-state index contributed by atoms with van der Waals surface area (Å²) in [7, 11) is 0. The van der Waals surface area contributed by atoms with Gasteiger partial charge < -0.3 is 21.9 Å². The molecule has 0 aliphatic heterocycles. The van der Waals surface area contributed by atoms with E-state index in [-0.39, 0.29) is 18.4 Å². The Balaban J connectivity index is 2.71. The molecule has 0 spiro atoms. The Kier molecular flexibility index (Phi) is 4.87. The summed E-state index contributed by atoms with van der Waals surface area (Å²) < 4.78 is 0. The number of hydrogen-bond donors (Lipinski definition) is 4. The van der Waals surface area contributed by atoms with E-state index in [0.717, 1.165) is 0 Å². The summed E-state index contributed by atoms with van der Waals surface area (Å²) in [5.41, 5.74) is 11.1. The highest BCUT2D eigenvalue weighted by Gasteiger charge is 2.21. The van der Waals surface area contributed by atoms with Crippen LogP contribution in [0.4, 0.5) is 5.69 Å². The van der Waals surface area contributed by atoms with E-state index in [1.807, 2.05) is 0 Å². The Labute approximate surface area is 109 Å². The van der Waals surface area contributed by atoms with E-state index in [1.54, 1.807) is 12.1 Å². The Bertz CT molecular complexity index is 502.